The Hall–Kier alpha value is -2.16. The highest BCUT2D eigenvalue weighted by Crippen LogP contribution is 2.12. The number of aromatic nitrogens is 2. The Morgan fingerprint density at radius 2 is 2.22 bits per heavy atom. The second-order valence-corrected chi connectivity index (χ2v) is 3.90. The predicted molar refractivity (Wildman–Crippen MR) is 65.9 cm³/mol. The molecule has 0 aliphatic rings. The van der Waals surface area contributed by atoms with Gasteiger partial charge >= 0.3 is 5.97 Å². The Bertz CT molecular complexity index is 436. The van der Waals surface area contributed by atoms with Gasteiger partial charge in [0.25, 0.3) is 0 Å². The standard InChI is InChI=1S/C12H16N4O2/c1-4-18-12(17)8-16(9(2)3)11-7-14-10(5-13)6-15-11/h6-7,9H,4,8H2,1-3H3. The van der Waals surface area contributed by atoms with Gasteiger partial charge in [-0.15, -0.1) is 0 Å². The van der Waals surface area contributed by atoms with Crippen LogP contribution in [-0.4, -0.2) is 35.1 Å². The largest absolute Gasteiger partial charge is 0.465 e. The molecule has 0 aromatic carbocycles. The maximum absolute atomic E-state index is 11.5. The number of nitriles is 1. The lowest BCUT2D eigenvalue weighted by atomic mass is 10.3. The van der Waals surface area contributed by atoms with E-state index in [2.05, 4.69) is 9.97 Å². The molecule has 0 aliphatic carbocycles. The van der Waals surface area contributed by atoms with Crippen molar-refractivity contribution in [1.29, 1.82) is 5.26 Å². The maximum Gasteiger partial charge on any atom is 0.325 e. The lowest BCUT2D eigenvalue weighted by molar-refractivity contribution is -0.141. The van der Waals surface area contributed by atoms with E-state index in [1.807, 2.05) is 19.9 Å². The van der Waals surface area contributed by atoms with Crippen LogP contribution >= 0.6 is 0 Å². The van der Waals surface area contributed by atoms with Gasteiger partial charge in [-0.3, -0.25) is 4.79 Å². The molecule has 0 fully saturated rings. The van der Waals surface area contributed by atoms with Crippen molar-refractivity contribution < 1.29 is 9.53 Å². The molecule has 0 unspecified atom stereocenters. The lowest BCUT2D eigenvalue weighted by Gasteiger charge is -2.26. The van der Waals surface area contributed by atoms with E-state index in [-0.39, 0.29) is 24.2 Å². The average molecular weight is 248 g/mol. The zero-order valence-electron chi connectivity index (χ0n) is 10.8. The fourth-order valence-corrected chi connectivity index (χ4v) is 1.40. The van der Waals surface area contributed by atoms with Crippen LogP contribution in [0.4, 0.5) is 5.82 Å². The SMILES string of the molecule is CCOC(=O)CN(c1cnc(C#N)cn1)C(C)C. The number of nitrogens with zero attached hydrogens (tertiary/aromatic N) is 4. The first-order chi connectivity index (χ1) is 8.58. The van der Waals surface area contributed by atoms with Crippen LogP contribution in [0.5, 0.6) is 0 Å². The summed E-state index contributed by atoms with van der Waals surface area (Å²) in [5.74, 6) is 0.245. The Morgan fingerprint density at radius 3 is 2.67 bits per heavy atom. The monoisotopic (exact) mass is 248 g/mol. The van der Waals surface area contributed by atoms with E-state index >= 15 is 0 Å². The van der Waals surface area contributed by atoms with E-state index in [0.717, 1.165) is 0 Å². The van der Waals surface area contributed by atoms with Crippen LogP contribution in [0.25, 0.3) is 0 Å². The summed E-state index contributed by atoms with van der Waals surface area (Å²) < 4.78 is 4.91. The molecular formula is C12H16N4O2. The Morgan fingerprint density at radius 1 is 1.50 bits per heavy atom. The summed E-state index contributed by atoms with van der Waals surface area (Å²) in [5.41, 5.74) is 0.249. The molecule has 6 nitrogen and oxygen atoms in total. The van der Waals surface area contributed by atoms with Gasteiger partial charge in [-0.2, -0.15) is 5.26 Å². The molecule has 0 atom stereocenters. The number of anilines is 1. The minimum absolute atomic E-state index is 0.0802. The molecular weight excluding hydrogens is 232 g/mol. The van der Waals surface area contributed by atoms with Gasteiger partial charge in [0.1, 0.15) is 18.4 Å². The molecule has 0 saturated carbocycles. The number of hydrogen-bond donors (Lipinski definition) is 0. The predicted octanol–water partition coefficient (Wildman–Crippen LogP) is 1.13. The molecule has 96 valence electrons. The zero-order chi connectivity index (χ0) is 13.5. The molecule has 1 heterocycles. The van der Waals surface area contributed by atoms with E-state index in [1.165, 1.54) is 12.4 Å². The number of esters is 1. The van der Waals surface area contributed by atoms with Crippen LogP contribution in [0.2, 0.25) is 0 Å². The van der Waals surface area contributed by atoms with Crippen LogP contribution in [0.15, 0.2) is 12.4 Å². The molecule has 0 saturated heterocycles. The van der Waals surface area contributed by atoms with Crippen molar-refractivity contribution in [2.24, 2.45) is 0 Å². The first kappa shape index (κ1) is 13.9. The van der Waals surface area contributed by atoms with Gasteiger partial charge < -0.3 is 9.64 Å². The molecule has 1 aromatic heterocycles. The third-order valence-corrected chi connectivity index (χ3v) is 2.28. The Balaban J connectivity index is 2.84. The van der Waals surface area contributed by atoms with Gasteiger partial charge in [0, 0.05) is 6.04 Å². The molecule has 0 radical (unpaired) electrons. The van der Waals surface area contributed by atoms with Crippen LogP contribution in [-0.2, 0) is 9.53 Å². The highest BCUT2D eigenvalue weighted by atomic mass is 16.5. The Labute approximate surface area is 106 Å². The second kappa shape index (κ2) is 6.55. The van der Waals surface area contributed by atoms with E-state index in [0.29, 0.717) is 12.4 Å². The summed E-state index contributed by atoms with van der Waals surface area (Å²) in [5, 5.41) is 8.65. The maximum atomic E-state index is 11.5. The van der Waals surface area contributed by atoms with Crippen LogP contribution < -0.4 is 4.90 Å². The third kappa shape index (κ3) is 3.70. The Kier molecular flexibility index (Phi) is 5.06. The molecule has 6 heteroatoms. The van der Waals surface area contributed by atoms with Crippen molar-refractivity contribution in [2.75, 3.05) is 18.1 Å². The van der Waals surface area contributed by atoms with Gasteiger partial charge in [-0.05, 0) is 20.8 Å². The molecule has 0 N–H and O–H groups in total. The summed E-state index contributed by atoms with van der Waals surface area (Å²) in [6.07, 6.45) is 2.87. The minimum Gasteiger partial charge on any atom is -0.465 e. The number of ether oxygens (including phenoxy) is 1. The first-order valence-corrected chi connectivity index (χ1v) is 5.72. The summed E-state index contributed by atoms with van der Waals surface area (Å²) >= 11 is 0. The normalized spacial score (nSPS) is 9.94. The molecule has 0 bridgehead atoms. The van der Waals surface area contributed by atoms with Crippen LogP contribution in [0, 0.1) is 11.3 Å². The molecule has 1 aromatic rings. The zero-order valence-corrected chi connectivity index (χ0v) is 10.8. The van der Waals surface area contributed by atoms with E-state index in [1.54, 1.807) is 11.8 Å². The highest BCUT2D eigenvalue weighted by molar-refractivity contribution is 5.75. The lowest BCUT2D eigenvalue weighted by Crippen LogP contribution is -2.37. The van der Waals surface area contributed by atoms with Crippen molar-refractivity contribution >= 4 is 11.8 Å². The quantitative estimate of drug-likeness (QED) is 0.727. The molecule has 0 spiro atoms. The molecule has 0 aliphatic heterocycles. The summed E-state index contributed by atoms with van der Waals surface area (Å²) in [4.78, 5) is 21.3. The van der Waals surface area contributed by atoms with Crippen molar-refractivity contribution in [3.63, 3.8) is 0 Å². The van der Waals surface area contributed by atoms with Gasteiger partial charge in [0.15, 0.2) is 5.69 Å². The van der Waals surface area contributed by atoms with Crippen LogP contribution in [0.1, 0.15) is 26.5 Å². The number of carbonyl (C=O) groups excluding carboxylic acids is 1. The first-order valence-electron chi connectivity index (χ1n) is 5.72. The molecule has 0 amide bonds. The van der Waals surface area contributed by atoms with Crippen molar-refractivity contribution in [3.05, 3.63) is 18.1 Å². The van der Waals surface area contributed by atoms with E-state index in [9.17, 15) is 4.79 Å². The number of hydrogen-bond acceptors (Lipinski definition) is 6. The van der Waals surface area contributed by atoms with Gasteiger partial charge in [-0.1, -0.05) is 0 Å². The minimum atomic E-state index is -0.308. The molecule has 18 heavy (non-hydrogen) atoms. The summed E-state index contributed by atoms with van der Waals surface area (Å²) in [6.45, 7) is 6.12. The van der Waals surface area contributed by atoms with Gasteiger partial charge in [0.05, 0.1) is 19.0 Å². The number of rotatable bonds is 5. The van der Waals surface area contributed by atoms with Crippen LogP contribution in [0.3, 0.4) is 0 Å². The average Bonchev–Trinajstić information content (AvgIpc) is 2.36. The highest BCUT2D eigenvalue weighted by Gasteiger charge is 2.17. The van der Waals surface area contributed by atoms with Crippen molar-refractivity contribution in [1.82, 2.24) is 9.97 Å². The summed E-state index contributed by atoms with van der Waals surface area (Å²) in [7, 11) is 0. The fraction of sp³-hybridized carbons (Fsp3) is 0.500. The van der Waals surface area contributed by atoms with Crippen molar-refractivity contribution in [2.45, 2.75) is 26.8 Å². The topological polar surface area (TPSA) is 79.1 Å². The van der Waals surface area contributed by atoms with Gasteiger partial charge in [-0.25, -0.2) is 9.97 Å². The fourth-order valence-electron chi connectivity index (χ4n) is 1.40. The molecule has 1 rings (SSSR count). The second-order valence-electron chi connectivity index (χ2n) is 3.90. The van der Waals surface area contributed by atoms with E-state index in [4.69, 9.17) is 10.00 Å². The number of carbonyl (C=O) groups is 1. The van der Waals surface area contributed by atoms with Crippen molar-refractivity contribution in [3.8, 4) is 6.07 Å². The smallest absolute Gasteiger partial charge is 0.325 e. The van der Waals surface area contributed by atoms with Gasteiger partial charge in [0.2, 0.25) is 0 Å². The van der Waals surface area contributed by atoms with E-state index < -0.39 is 0 Å². The third-order valence-electron chi connectivity index (χ3n) is 2.28. The summed E-state index contributed by atoms with van der Waals surface area (Å²) in [6, 6.07) is 1.98.